The first-order chi connectivity index (χ1) is 22.1. The number of nitrogens with zero attached hydrogens (tertiary/aromatic N) is 3. The molecule has 0 N–H and O–H groups in total. The molecule has 0 bridgehead atoms. The average molecular weight is 578 g/mol. The second-order valence-corrected chi connectivity index (χ2v) is 12.6. The summed E-state index contributed by atoms with van der Waals surface area (Å²) in [6, 6.07) is 44.7. The minimum absolute atomic E-state index is 0.273. The monoisotopic (exact) mass is 577 g/mol. The van der Waals surface area contributed by atoms with Crippen molar-refractivity contribution >= 4 is 54.6 Å². The van der Waals surface area contributed by atoms with Crippen LogP contribution in [0.5, 0.6) is 0 Å². The van der Waals surface area contributed by atoms with Crippen LogP contribution in [0, 0.1) is 0 Å². The number of furan rings is 1. The Hall–Kier alpha value is -5.74. The second-order valence-electron chi connectivity index (χ2n) is 12.6. The predicted octanol–water partition coefficient (Wildman–Crippen LogP) is 10.6. The Balaban J connectivity index is 1.31. The maximum absolute atomic E-state index is 6.35. The van der Waals surface area contributed by atoms with Gasteiger partial charge in [0.25, 0.3) is 0 Å². The topological polar surface area (TPSA) is 43.9 Å². The van der Waals surface area contributed by atoms with Crippen molar-refractivity contribution in [1.29, 1.82) is 0 Å². The molecule has 4 nitrogen and oxygen atoms in total. The van der Waals surface area contributed by atoms with Crippen molar-refractivity contribution < 1.29 is 4.42 Å². The molecule has 0 aliphatic heterocycles. The van der Waals surface area contributed by atoms with E-state index in [1.165, 1.54) is 43.8 Å². The number of rotatable bonds is 2. The summed E-state index contributed by atoms with van der Waals surface area (Å²) in [6.45, 7) is 4.73. The van der Waals surface area contributed by atoms with Gasteiger partial charge in [-0.25, -0.2) is 9.97 Å². The number of benzene rings is 6. The third-order valence-electron chi connectivity index (χ3n) is 9.76. The normalized spacial score (nSPS) is 13.7. The molecule has 9 aromatic rings. The van der Waals surface area contributed by atoms with E-state index >= 15 is 0 Å². The molecule has 0 unspecified atom stereocenters. The molecular weight excluding hydrogens is 550 g/mol. The minimum Gasteiger partial charge on any atom is -0.456 e. The van der Waals surface area contributed by atoms with Crippen LogP contribution < -0.4 is 0 Å². The molecular formula is C41H27N3O. The van der Waals surface area contributed by atoms with Crippen LogP contribution >= 0.6 is 0 Å². The van der Waals surface area contributed by atoms with Crippen LogP contribution in [-0.2, 0) is 5.41 Å². The lowest BCUT2D eigenvalue weighted by atomic mass is 9.79. The summed E-state index contributed by atoms with van der Waals surface area (Å²) in [6.07, 6.45) is 0. The molecule has 0 saturated carbocycles. The fraction of sp³-hybridized carbons (Fsp3) is 0.0732. The van der Waals surface area contributed by atoms with Gasteiger partial charge < -0.3 is 4.42 Å². The van der Waals surface area contributed by atoms with E-state index in [0.29, 0.717) is 5.95 Å². The van der Waals surface area contributed by atoms with Crippen molar-refractivity contribution in [3.63, 3.8) is 0 Å². The van der Waals surface area contributed by atoms with E-state index < -0.39 is 0 Å². The van der Waals surface area contributed by atoms with E-state index in [0.717, 1.165) is 44.4 Å². The third-order valence-corrected chi connectivity index (χ3v) is 9.76. The highest BCUT2D eigenvalue weighted by atomic mass is 16.3. The summed E-state index contributed by atoms with van der Waals surface area (Å²) in [5, 5.41) is 5.88. The third kappa shape index (κ3) is 3.21. The molecule has 212 valence electrons. The van der Waals surface area contributed by atoms with Crippen LogP contribution in [0.1, 0.15) is 25.0 Å². The molecule has 0 spiro atoms. The fourth-order valence-electron chi connectivity index (χ4n) is 7.95. The van der Waals surface area contributed by atoms with Gasteiger partial charge in [0.1, 0.15) is 11.2 Å². The van der Waals surface area contributed by atoms with Gasteiger partial charge in [0, 0.05) is 37.9 Å². The molecule has 10 rings (SSSR count). The van der Waals surface area contributed by atoms with Crippen LogP contribution in [-0.4, -0.2) is 14.5 Å². The Morgan fingerprint density at radius 3 is 2.04 bits per heavy atom. The molecule has 6 aromatic carbocycles. The summed E-state index contributed by atoms with van der Waals surface area (Å²) in [4.78, 5) is 10.5. The van der Waals surface area contributed by atoms with Crippen molar-refractivity contribution in [1.82, 2.24) is 14.5 Å². The Morgan fingerprint density at radius 2 is 1.20 bits per heavy atom. The summed E-state index contributed by atoms with van der Waals surface area (Å²) < 4.78 is 8.61. The maximum atomic E-state index is 6.35. The number of para-hydroxylation sites is 3. The highest BCUT2D eigenvalue weighted by Gasteiger charge is 2.40. The number of hydrogen-bond donors (Lipinski definition) is 0. The van der Waals surface area contributed by atoms with Crippen molar-refractivity contribution in [3.05, 3.63) is 139 Å². The molecule has 45 heavy (non-hydrogen) atoms. The molecule has 0 saturated heterocycles. The van der Waals surface area contributed by atoms with Crippen molar-refractivity contribution in [2.45, 2.75) is 19.3 Å². The first kappa shape index (κ1) is 24.7. The molecule has 0 amide bonds. The van der Waals surface area contributed by atoms with E-state index in [1.807, 2.05) is 18.2 Å². The largest absolute Gasteiger partial charge is 0.456 e. The van der Waals surface area contributed by atoms with Gasteiger partial charge in [0.2, 0.25) is 5.95 Å². The van der Waals surface area contributed by atoms with Crippen molar-refractivity contribution in [2.75, 3.05) is 0 Å². The minimum atomic E-state index is -0.273. The molecule has 0 atom stereocenters. The second kappa shape index (κ2) is 8.67. The van der Waals surface area contributed by atoms with E-state index in [-0.39, 0.29) is 5.41 Å². The van der Waals surface area contributed by atoms with Gasteiger partial charge in [0.05, 0.1) is 22.2 Å². The summed E-state index contributed by atoms with van der Waals surface area (Å²) >= 11 is 0. The molecule has 3 aromatic heterocycles. The molecule has 1 aliphatic carbocycles. The van der Waals surface area contributed by atoms with Crippen molar-refractivity contribution in [2.24, 2.45) is 0 Å². The highest BCUT2D eigenvalue weighted by Crippen LogP contribution is 2.56. The Morgan fingerprint density at radius 1 is 0.533 bits per heavy atom. The first-order valence-electron chi connectivity index (χ1n) is 15.4. The summed E-state index contributed by atoms with van der Waals surface area (Å²) in [5.74, 6) is 0.676. The van der Waals surface area contributed by atoms with E-state index in [1.54, 1.807) is 0 Å². The highest BCUT2D eigenvalue weighted by molar-refractivity contribution is 6.17. The van der Waals surface area contributed by atoms with Gasteiger partial charge in [-0.15, -0.1) is 0 Å². The van der Waals surface area contributed by atoms with E-state index in [9.17, 15) is 0 Å². The van der Waals surface area contributed by atoms with E-state index in [2.05, 4.69) is 128 Å². The maximum Gasteiger partial charge on any atom is 0.235 e. The van der Waals surface area contributed by atoms with Crippen LogP contribution in [0.4, 0.5) is 0 Å². The van der Waals surface area contributed by atoms with E-state index in [4.69, 9.17) is 14.4 Å². The summed E-state index contributed by atoms with van der Waals surface area (Å²) in [5.41, 5.74) is 12.0. The lowest BCUT2D eigenvalue weighted by Gasteiger charge is -2.23. The van der Waals surface area contributed by atoms with Crippen LogP contribution in [0.2, 0.25) is 0 Å². The average Bonchev–Trinajstić information content (AvgIpc) is 3.70. The number of fused-ring (bicyclic) bond motifs is 12. The predicted molar refractivity (Wildman–Crippen MR) is 184 cm³/mol. The Bertz CT molecular complexity index is 2680. The van der Waals surface area contributed by atoms with Gasteiger partial charge in [-0.05, 0) is 52.6 Å². The van der Waals surface area contributed by atoms with Crippen LogP contribution in [0.3, 0.4) is 0 Å². The molecule has 3 heterocycles. The molecule has 4 heteroatoms. The Labute approximate surface area is 259 Å². The fourth-order valence-corrected chi connectivity index (χ4v) is 7.95. The van der Waals surface area contributed by atoms with Gasteiger partial charge in [0.15, 0.2) is 0 Å². The number of aromatic nitrogens is 3. The SMILES string of the molecule is CC1(C)c2c(ccc3oc4ccccc4c23)-c2ccc3c(c21)c1ccccc1n3-c1nc(-c2ccccc2)c2ccccc2n1. The van der Waals surface area contributed by atoms with Gasteiger partial charge in [-0.1, -0.05) is 111 Å². The zero-order chi connectivity index (χ0) is 29.9. The lowest BCUT2D eigenvalue weighted by Crippen LogP contribution is -2.16. The first-order valence-corrected chi connectivity index (χ1v) is 15.4. The summed E-state index contributed by atoms with van der Waals surface area (Å²) in [7, 11) is 0. The van der Waals surface area contributed by atoms with Gasteiger partial charge in [-0.3, -0.25) is 4.57 Å². The van der Waals surface area contributed by atoms with Crippen molar-refractivity contribution in [3.8, 4) is 28.3 Å². The molecule has 0 radical (unpaired) electrons. The zero-order valence-corrected chi connectivity index (χ0v) is 24.9. The molecule has 0 fully saturated rings. The van der Waals surface area contributed by atoms with Crippen LogP contribution in [0.25, 0.3) is 83.0 Å². The van der Waals surface area contributed by atoms with Gasteiger partial charge in [-0.2, -0.15) is 0 Å². The van der Waals surface area contributed by atoms with Gasteiger partial charge >= 0.3 is 0 Å². The van der Waals surface area contributed by atoms with Crippen LogP contribution in [0.15, 0.2) is 132 Å². The zero-order valence-electron chi connectivity index (χ0n) is 24.9. The lowest BCUT2D eigenvalue weighted by molar-refractivity contribution is 0.660. The standard InChI is InChI=1S/C41H27N3O/c1-41(2)37-25(26-21-23-34-36(38(26)41)29-16-8-11-19-33(29)45-34)20-22-32-35(37)28-15-7-10-18-31(28)44(32)40-42-30-17-9-6-14-27(30)39(43-40)24-12-4-3-5-13-24/h3-23H,1-2H3. The smallest absolute Gasteiger partial charge is 0.235 e. The Kier molecular flexibility index (Phi) is 4.76. The molecule has 1 aliphatic rings. The quantitative estimate of drug-likeness (QED) is 0.205. The number of hydrogen-bond acceptors (Lipinski definition) is 3.